The molecule has 1 fully saturated rings. The molecule has 0 aliphatic carbocycles. The molecule has 0 radical (unpaired) electrons. The molecule has 0 aromatic heterocycles. The summed E-state index contributed by atoms with van der Waals surface area (Å²) in [7, 11) is -3.36. The van der Waals surface area contributed by atoms with E-state index in [0.717, 1.165) is 5.56 Å². The van der Waals surface area contributed by atoms with Crippen molar-refractivity contribution in [3.8, 4) is 0 Å². The molecule has 1 N–H and O–H groups in total. The molecule has 7 nitrogen and oxygen atoms in total. The molecule has 1 aliphatic rings. The van der Waals surface area contributed by atoms with Crippen molar-refractivity contribution in [2.45, 2.75) is 39.3 Å². The zero-order valence-corrected chi connectivity index (χ0v) is 16.0. The van der Waals surface area contributed by atoms with Gasteiger partial charge in [0.25, 0.3) is 0 Å². The van der Waals surface area contributed by atoms with E-state index in [4.69, 9.17) is 0 Å². The molecule has 2 rings (SSSR count). The van der Waals surface area contributed by atoms with Crippen LogP contribution in [0.25, 0.3) is 0 Å². The summed E-state index contributed by atoms with van der Waals surface area (Å²) in [4.78, 5) is 25.9. The predicted octanol–water partition coefficient (Wildman–Crippen LogP) is 1.55. The van der Waals surface area contributed by atoms with E-state index in [-0.39, 0.29) is 24.7 Å². The van der Waals surface area contributed by atoms with Crippen LogP contribution < -0.4 is 0 Å². The zero-order chi connectivity index (χ0) is 19.3. The lowest BCUT2D eigenvalue weighted by Crippen LogP contribution is -2.50. The first-order valence-electron chi connectivity index (χ1n) is 8.81. The first-order valence-corrected chi connectivity index (χ1v) is 10.4. The van der Waals surface area contributed by atoms with Crippen LogP contribution in [0.15, 0.2) is 30.3 Å². The number of sulfonamides is 1. The summed E-state index contributed by atoms with van der Waals surface area (Å²) in [5.41, 5.74) is 0.836. The number of aliphatic carboxylic acids is 1. The van der Waals surface area contributed by atoms with Gasteiger partial charge in [-0.25, -0.2) is 17.5 Å². The first kappa shape index (κ1) is 20.4. The van der Waals surface area contributed by atoms with Gasteiger partial charge in [0.15, 0.2) is 0 Å². The minimum atomic E-state index is -3.36. The van der Waals surface area contributed by atoms with E-state index < -0.39 is 28.0 Å². The van der Waals surface area contributed by atoms with Crippen molar-refractivity contribution in [2.75, 3.05) is 18.8 Å². The molecule has 0 spiro atoms. The van der Waals surface area contributed by atoms with Gasteiger partial charge in [-0.1, -0.05) is 30.3 Å². The van der Waals surface area contributed by atoms with E-state index in [9.17, 15) is 23.1 Å². The molecule has 1 saturated heterocycles. The maximum atomic E-state index is 13.1. The molecule has 2 atom stereocenters. The summed E-state index contributed by atoms with van der Waals surface area (Å²) in [5.74, 6) is -1.91. The smallest absolute Gasteiger partial charge is 0.326 e. The van der Waals surface area contributed by atoms with Crippen LogP contribution in [-0.2, 0) is 26.2 Å². The maximum absolute atomic E-state index is 13.1. The molecule has 1 aliphatic heterocycles. The fourth-order valence-electron chi connectivity index (χ4n) is 3.13. The second-order valence-corrected chi connectivity index (χ2v) is 8.82. The highest BCUT2D eigenvalue weighted by Gasteiger charge is 2.36. The van der Waals surface area contributed by atoms with E-state index in [2.05, 4.69) is 0 Å². The topological polar surface area (TPSA) is 95.0 Å². The van der Waals surface area contributed by atoms with E-state index in [1.165, 1.54) is 16.1 Å². The Morgan fingerprint density at radius 2 is 1.96 bits per heavy atom. The Bertz CT molecular complexity index is 735. The van der Waals surface area contributed by atoms with Gasteiger partial charge in [0.2, 0.25) is 15.9 Å². The highest BCUT2D eigenvalue weighted by Crippen LogP contribution is 2.23. The van der Waals surface area contributed by atoms with Crippen molar-refractivity contribution in [1.29, 1.82) is 0 Å². The predicted molar refractivity (Wildman–Crippen MR) is 97.8 cm³/mol. The Balaban J connectivity index is 2.21. The molecule has 1 aromatic carbocycles. The van der Waals surface area contributed by atoms with Crippen LogP contribution in [0.4, 0.5) is 0 Å². The van der Waals surface area contributed by atoms with Crippen molar-refractivity contribution >= 4 is 21.9 Å². The zero-order valence-electron chi connectivity index (χ0n) is 15.2. The normalized spacial score (nSPS) is 19.7. The monoisotopic (exact) mass is 382 g/mol. The van der Waals surface area contributed by atoms with Crippen molar-refractivity contribution in [1.82, 2.24) is 9.21 Å². The van der Waals surface area contributed by atoms with Crippen molar-refractivity contribution < 1.29 is 23.1 Å². The summed E-state index contributed by atoms with van der Waals surface area (Å²) in [5, 5.41) is 9.40. The second-order valence-electron chi connectivity index (χ2n) is 6.56. The van der Waals surface area contributed by atoms with E-state index in [1.807, 2.05) is 30.3 Å². The molecule has 1 heterocycles. The third-order valence-corrected chi connectivity index (χ3v) is 6.64. The minimum Gasteiger partial charge on any atom is -0.480 e. The van der Waals surface area contributed by atoms with Crippen LogP contribution in [0.1, 0.15) is 32.3 Å². The van der Waals surface area contributed by atoms with Crippen molar-refractivity contribution in [3.63, 3.8) is 0 Å². The summed E-state index contributed by atoms with van der Waals surface area (Å²) in [6, 6.07) is 8.21. The lowest BCUT2D eigenvalue weighted by atomic mass is 9.97. The van der Waals surface area contributed by atoms with Crippen LogP contribution in [0, 0.1) is 5.92 Å². The Morgan fingerprint density at radius 3 is 2.54 bits per heavy atom. The maximum Gasteiger partial charge on any atom is 0.326 e. The fourth-order valence-corrected chi connectivity index (χ4v) is 4.31. The number of benzene rings is 1. The Kier molecular flexibility index (Phi) is 6.77. The number of carboxylic acid groups (broad SMARTS) is 1. The number of rotatable bonds is 7. The van der Waals surface area contributed by atoms with Gasteiger partial charge in [-0.05, 0) is 32.3 Å². The highest BCUT2D eigenvalue weighted by atomic mass is 32.2. The molecule has 26 heavy (non-hydrogen) atoms. The largest absolute Gasteiger partial charge is 0.480 e. The molecule has 8 heteroatoms. The van der Waals surface area contributed by atoms with Crippen LogP contribution in [0.3, 0.4) is 0 Å². The van der Waals surface area contributed by atoms with E-state index in [1.54, 1.807) is 6.92 Å². The van der Waals surface area contributed by atoms with Crippen molar-refractivity contribution in [3.05, 3.63) is 35.9 Å². The summed E-state index contributed by atoms with van der Waals surface area (Å²) >= 11 is 0. The molecular formula is C18H26N2O5S. The van der Waals surface area contributed by atoms with E-state index >= 15 is 0 Å². The van der Waals surface area contributed by atoms with Crippen LogP contribution >= 0.6 is 0 Å². The molecule has 0 saturated carbocycles. The third-order valence-electron chi connectivity index (χ3n) is 4.80. The van der Waals surface area contributed by atoms with Crippen LogP contribution in [-0.4, -0.2) is 59.5 Å². The Labute approximate surface area is 154 Å². The minimum absolute atomic E-state index is 0.00678. The summed E-state index contributed by atoms with van der Waals surface area (Å²) in [6.45, 7) is 3.77. The van der Waals surface area contributed by atoms with Gasteiger partial charge in [-0.15, -0.1) is 0 Å². The lowest BCUT2D eigenvalue weighted by molar-refractivity contribution is -0.152. The Morgan fingerprint density at radius 1 is 1.31 bits per heavy atom. The third kappa shape index (κ3) is 4.82. The van der Waals surface area contributed by atoms with Gasteiger partial charge in [-0.2, -0.15) is 0 Å². The van der Waals surface area contributed by atoms with Gasteiger partial charge in [0.05, 0.1) is 11.7 Å². The average Bonchev–Trinajstić information content (AvgIpc) is 2.65. The number of nitrogens with zero attached hydrogens (tertiary/aromatic N) is 2. The number of carbonyl (C=O) groups excluding carboxylic acids is 1. The molecule has 1 amide bonds. The quantitative estimate of drug-likeness (QED) is 0.772. The van der Waals surface area contributed by atoms with Crippen molar-refractivity contribution in [2.24, 2.45) is 5.92 Å². The highest BCUT2D eigenvalue weighted by molar-refractivity contribution is 7.89. The fraction of sp³-hybridized carbons (Fsp3) is 0.556. The van der Waals surface area contributed by atoms with E-state index in [0.29, 0.717) is 19.4 Å². The van der Waals surface area contributed by atoms with Gasteiger partial charge >= 0.3 is 5.97 Å². The first-order chi connectivity index (χ1) is 12.3. The van der Waals surface area contributed by atoms with Gasteiger partial charge in [0, 0.05) is 19.6 Å². The molecule has 144 valence electrons. The van der Waals surface area contributed by atoms with Gasteiger partial charge in [0.1, 0.15) is 6.04 Å². The average molecular weight is 382 g/mol. The lowest BCUT2D eigenvalue weighted by Gasteiger charge is -2.35. The number of hydrogen-bond donors (Lipinski definition) is 1. The molecular weight excluding hydrogens is 356 g/mol. The molecule has 2 unspecified atom stereocenters. The number of amides is 1. The van der Waals surface area contributed by atoms with Crippen LogP contribution in [0.2, 0.25) is 0 Å². The Hall–Kier alpha value is -1.93. The number of carbonyl (C=O) groups is 2. The standard InChI is InChI=1S/C18H26N2O5S/c1-3-26(24,25)19-11-7-10-16(13-19)17(21)20(14(2)18(22)23)12-15-8-5-4-6-9-15/h4-6,8-9,14,16H,3,7,10-13H2,1-2H3,(H,22,23). The SMILES string of the molecule is CCS(=O)(=O)N1CCCC(C(=O)N(Cc2ccccc2)C(C)C(=O)O)C1. The summed E-state index contributed by atoms with van der Waals surface area (Å²) in [6.07, 6.45) is 1.16. The number of piperidine rings is 1. The number of hydrogen-bond acceptors (Lipinski definition) is 4. The molecule has 1 aromatic rings. The number of carboxylic acids is 1. The van der Waals surface area contributed by atoms with Crippen LogP contribution in [0.5, 0.6) is 0 Å². The molecule has 0 bridgehead atoms. The summed E-state index contributed by atoms with van der Waals surface area (Å²) < 4.78 is 25.6. The van der Waals surface area contributed by atoms with Gasteiger partial charge < -0.3 is 10.0 Å². The van der Waals surface area contributed by atoms with Gasteiger partial charge in [-0.3, -0.25) is 4.79 Å². The second kappa shape index (κ2) is 8.64.